The van der Waals surface area contributed by atoms with Crippen LogP contribution < -0.4 is 0 Å². The second kappa shape index (κ2) is 6.48. The van der Waals surface area contributed by atoms with Gasteiger partial charge < -0.3 is 9.64 Å². The Balaban J connectivity index is 2.28. The number of ether oxygens (including phenoxy) is 1. The first-order valence-electron chi connectivity index (χ1n) is 7.24. The summed E-state index contributed by atoms with van der Waals surface area (Å²) in [4.78, 5) is 27.5. The van der Waals surface area contributed by atoms with E-state index in [1.54, 1.807) is 11.6 Å². The highest BCUT2D eigenvalue weighted by atomic mass is 32.1. The second-order valence-corrected chi connectivity index (χ2v) is 6.40. The first-order chi connectivity index (χ1) is 10.3. The molecule has 2 aromatic heterocycles. The summed E-state index contributed by atoms with van der Waals surface area (Å²) in [6.07, 6.45) is 0. The summed E-state index contributed by atoms with van der Waals surface area (Å²) in [7, 11) is 1.86. The Morgan fingerprint density at radius 3 is 2.68 bits per heavy atom. The van der Waals surface area contributed by atoms with Gasteiger partial charge in [-0.2, -0.15) is 5.10 Å². The third kappa shape index (κ3) is 3.14. The normalized spacial score (nSPS) is 11.2. The number of hydrogen-bond acceptors (Lipinski definition) is 5. The van der Waals surface area contributed by atoms with E-state index in [4.69, 9.17) is 4.74 Å². The number of carbonyl (C=O) groups is 2. The maximum absolute atomic E-state index is 12.7. The molecule has 0 aliphatic heterocycles. The molecule has 0 spiro atoms. The van der Waals surface area contributed by atoms with Gasteiger partial charge in [0.15, 0.2) is 0 Å². The Labute approximate surface area is 133 Å². The highest BCUT2D eigenvalue weighted by Crippen LogP contribution is 2.28. The van der Waals surface area contributed by atoms with E-state index >= 15 is 0 Å². The maximum atomic E-state index is 12.7. The van der Waals surface area contributed by atoms with Crippen molar-refractivity contribution in [1.29, 1.82) is 0 Å². The van der Waals surface area contributed by atoms with Crippen LogP contribution in [0.15, 0.2) is 6.07 Å². The lowest BCUT2D eigenvalue weighted by molar-refractivity contribution is -0.144. The third-order valence-corrected chi connectivity index (χ3v) is 4.59. The molecule has 0 aromatic carbocycles. The molecule has 0 atom stereocenters. The van der Waals surface area contributed by atoms with Gasteiger partial charge in [-0.25, -0.2) is 0 Å². The van der Waals surface area contributed by atoms with Gasteiger partial charge in [-0.05, 0) is 33.8 Å². The van der Waals surface area contributed by atoms with Crippen LogP contribution in [0.25, 0.3) is 10.2 Å². The first-order valence-corrected chi connectivity index (χ1v) is 8.06. The minimum atomic E-state index is -0.386. The van der Waals surface area contributed by atoms with Crippen LogP contribution in [-0.4, -0.2) is 45.8 Å². The Hall–Kier alpha value is -1.89. The van der Waals surface area contributed by atoms with Gasteiger partial charge in [0.2, 0.25) is 0 Å². The summed E-state index contributed by atoms with van der Waals surface area (Å²) in [6, 6.07) is 1.77. The highest BCUT2D eigenvalue weighted by molar-refractivity contribution is 7.20. The molecule has 0 saturated carbocycles. The standard InChI is InChI=1S/C15H21N3O3S/c1-6-21-13(19)8-18(9(2)3)14(20)12-7-11-10(4)16-17(5)15(11)22-12/h7,9H,6,8H2,1-5H3. The van der Waals surface area contributed by atoms with Crippen molar-refractivity contribution in [1.82, 2.24) is 14.7 Å². The van der Waals surface area contributed by atoms with Crippen LogP contribution in [0.4, 0.5) is 0 Å². The minimum Gasteiger partial charge on any atom is -0.465 e. The molecule has 0 radical (unpaired) electrons. The van der Waals surface area contributed by atoms with E-state index in [2.05, 4.69) is 5.10 Å². The SMILES string of the molecule is CCOC(=O)CN(C(=O)c1cc2c(C)nn(C)c2s1)C(C)C. The van der Waals surface area contributed by atoms with Crippen molar-refractivity contribution in [3.8, 4) is 0 Å². The van der Waals surface area contributed by atoms with Crippen LogP contribution in [-0.2, 0) is 16.6 Å². The molecule has 7 heteroatoms. The van der Waals surface area contributed by atoms with E-state index < -0.39 is 0 Å². The molecule has 2 heterocycles. The largest absolute Gasteiger partial charge is 0.465 e. The summed E-state index contributed by atoms with van der Waals surface area (Å²) < 4.78 is 6.72. The van der Waals surface area contributed by atoms with Gasteiger partial charge in [0, 0.05) is 18.5 Å². The van der Waals surface area contributed by atoms with E-state index in [9.17, 15) is 9.59 Å². The van der Waals surface area contributed by atoms with Crippen LogP contribution in [0.1, 0.15) is 36.1 Å². The van der Waals surface area contributed by atoms with Crippen LogP contribution in [0, 0.1) is 6.92 Å². The fourth-order valence-corrected chi connectivity index (χ4v) is 3.37. The Bertz CT molecular complexity index is 668. The summed E-state index contributed by atoms with van der Waals surface area (Å²) in [5, 5.41) is 5.31. The lowest BCUT2D eigenvalue weighted by Gasteiger charge is -2.25. The second-order valence-electron chi connectivity index (χ2n) is 5.37. The van der Waals surface area contributed by atoms with Crippen LogP contribution in [0.3, 0.4) is 0 Å². The zero-order valence-corrected chi connectivity index (χ0v) is 14.4. The number of esters is 1. The summed E-state index contributed by atoms with van der Waals surface area (Å²) in [5.41, 5.74) is 0.897. The van der Waals surface area contributed by atoms with Crippen LogP contribution in [0.2, 0.25) is 0 Å². The van der Waals surface area contributed by atoms with E-state index in [-0.39, 0.29) is 24.5 Å². The molecule has 6 nitrogen and oxygen atoms in total. The summed E-state index contributed by atoms with van der Waals surface area (Å²) in [5.74, 6) is -0.535. The summed E-state index contributed by atoms with van der Waals surface area (Å²) >= 11 is 1.40. The monoisotopic (exact) mass is 323 g/mol. The van der Waals surface area contributed by atoms with Gasteiger partial charge >= 0.3 is 5.97 Å². The summed E-state index contributed by atoms with van der Waals surface area (Å²) in [6.45, 7) is 7.72. The van der Waals surface area contributed by atoms with Crippen molar-refractivity contribution in [3.63, 3.8) is 0 Å². The first kappa shape index (κ1) is 16.5. The molecular formula is C15H21N3O3S. The smallest absolute Gasteiger partial charge is 0.325 e. The molecular weight excluding hydrogens is 302 g/mol. The highest BCUT2D eigenvalue weighted by Gasteiger charge is 2.24. The lowest BCUT2D eigenvalue weighted by atomic mass is 10.2. The molecule has 2 rings (SSSR count). The number of aromatic nitrogens is 2. The van der Waals surface area contributed by atoms with E-state index in [0.29, 0.717) is 11.5 Å². The molecule has 0 saturated heterocycles. The maximum Gasteiger partial charge on any atom is 0.325 e. The number of aryl methyl sites for hydroxylation is 2. The van der Waals surface area contributed by atoms with Gasteiger partial charge in [0.1, 0.15) is 11.4 Å². The number of hydrogen-bond donors (Lipinski definition) is 0. The van der Waals surface area contributed by atoms with Gasteiger partial charge in [-0.1, -0.05) is 0 Å². The van der Waals surface area contributed by atoms with Crippen LogP contribution >= 0.6 is 11.3 Å². The average Bonchev–Trinajstić information content (AvgIpc) is 2.98. The number of carbonyl (C=O) groups excluding carboxylic acids is 2. The Morgan fingerprint density at radius 2 is 2.14 bits per heavy atom. The molecule has 0 unspecified atom stereocenters. The quantitative estimate of drug-likeness (QED) is 0.792. The zero-order chi connectivity index (χ0) is 16.4. The van der Waals surface area contributed by atoms with Crippen molar-refractivity contribution in [3.05, 3.63) is 16.6 Å². The van der Waals surface area contributed by atoms with Gasteiger partial charge in [-0.3, -0.25) is 14.3 Å². The minimum absolute atomic E-state index is 0.0319. The third-order valence-electron chi connectivity index (χ3n) is 3.40. The van der Waals surface area contributed by atoms with Gasteiger partial charge in [0.25, 0.3) is 5.91 Å². The van der Waals surface area contributed by atoms with Crippen molar-refractivity contribution in [2.24, 2.45) is 7.05 Å². The number of rotatable bonds is 5. The predicted octanol–water partition coefficient (Wildman–Crippen LogP) is 2.36. The molecule has 0 aliphatic rings. The van der Waals surface area contributed by atoms with Crippen molar-refractivity contribution in [2.75, 3.05) is 13.2 Å². The molecule has 120 valence electrons. The van der Waals surface area contributed by atoms with Crippen molar-refractivity contribution < 1.29 is 14.3 Å². The van der Waals surface area contributed by atoms with E-state index in [1.165, 1.54) is 16.2 Å². The number of nitrogens with zero attached hydrogens (tertiary/aromatic N) is 3. The molecule has 2 aromatic rings. The number of amides is 1. The average molecular weight is 323 g/mol. The molecule has 1 amide bonds. The fraction of sp³-hybridized carbons (Fsp3) is 0.533. The molecule has 0 N–H and O–H groups in total. The molecule has 0 aliphatic carbocycles. The van der Waals surface area contributed by atoms with E-state index in [1.807, 2.05) is 33.9 Å². The topological polar surface area (TPSA) is 64.4 Å². The predicted molar refractivity (Wildman–Crippen MR) is 86.1 cm³/mol. The Morgan fingerprint density at radius 1 is 1.45 bits per heavy atom. The van der Waals surface area contributed by atoms with E-state index in [0.717, 1.165) is 15.9 Å². The lowest BCUT2D eigenvalue weighted by Crippen LogP contribution is -2.41. The van der Waals surface area contributed by atoms with Gasteiger partial charge in [0.05, 0.1) is 17.2 Å². The molecule has 0 bridgehead atoms. The number of thiophene rings is 1. The zero-order valence-electron chi connectivity index (χ0n) is 13.5. The molecule has 0 fully saturated rings. The van der Waals surface area contributed by atoms with Crippen molar-refractivity contribution in [2.45, 2.75) is 33.7 Å². The van der Waals surface area contributed by atoms with Crippen LogP contribution in [0.5, 0.6) is 0 Å². The van der Waals surface area contributed by atoms with Gasteiger partial charge in [-0.15, -0.1) is 11.3 Å². The van der Waals surface area contributed by atoms with Crippen molar-refractivity contribution >= 4 is 33.4 Å². The Kier molecular flexibility index (Phi) is 4.85. The fourth-order valence-electron chi connectivity index (χ4n) is 2.29. The molecule has 22 heavy (non-hydrogen) atoms. The number of fused-ring (bicyclic) bond motifs is 1.